The van der Waals surface area contributed by atoms with E-state index in [1.807, 2.05) is 4.90 Å². The molecule has 28 heavy (non-hydrogen) atoms. The van der Waals surface area contributed by atoms with Gasteiger partial charge in [-0.1, -0.05) is 19.1 Å². The van der Waals surface area contributed by atoms with E-state index in [-0.39, 0.29) is 18.0 Å². The van der Waals surface area contributed by atoms with Gasteiger partial charge in [0.1, 0.15) is 6.04 Å². The molecular formula is C18H22F3N5O2. The summed E-state index contributed by atoms with van der Waals surface area (Å²) in [5.74, 6) is -0.820. The lowest BCUT2D eigenvalue weighted by Crippen LogP contribution is -2.56. The Morgan fingerprint density at radius 1 is 1.25 bits per heavy atom. The van der Waals surface area contributed by atoms with E-state index in [0.29, 0.717) is 19.0 Å². The Balaban J connectivity index is 1.74. The van der Waals surface area contributed by atoms with E-state index >= 15 is 0 Å². The van der Waals surface area contributed by atoms with Gasteiger partial charge in [-0.05, 0) is 18.7 Å². The zero-order chi connectivity index (χ0) is 20.3. The molecule has 0 bridgehead atoms. The monoisotopic (exact) mass is 397 g/mol. The fourth-order valence-electron chi connectivity index (χ4n) is 3.22. The molecule has 1 saturated heterocycles. The first kappa shape index (κ1) is 20.1. The van der Waals surface area contributed by atoms with E-state index in [0.717, 1.165) is 25.7 Å². The number of carbonyl (C=O) groups is 2. The first-order chi connectivity index (χ1) is 13.3. The third-order valence-corrected chi connectivity index (χ3v) is 4.82. The maximum absolute atomic E-state index is 13.1. The standard InChI is InChI=1S/C18H22F3N5O2/c1-2-25-7-9-26(10-8-25)17-23-14(11-15(27)24-17)16(28)22-13-6-4-3-5-12(13)18(19,20)21/h3-6,14H,2,7-11H2,1H3,(H,22,28)(H,23,24,27)/t14-/m0/s1. The van der Waals surface area contributed by atoms with Crippen molar-refractivity contribution in [3.8, 4) is 0 Å². The second kappa shape index (κ2) is 8.17. The molecule has 2 N–H and O–H groups in total. The highest BCUT2D eigenvalue weighted by Gasteiger charge is 2.35. The Morgan fingerprint density at radius 3 is 2.57 bits per heavy atom. The highest BCUT2D eigenvalue weighted by molar-refractivity contribution is 6.06. The van der Waals surface area contributed by atoms with Gasteiger partial charge in [0.05, 0.1) is 17.7 Å². The van der Waals surface area contributed by atoms with Gasteiger partial charge in [-0.25, -0.2) is 4.99 Å². The number of hydrogen-bond donors (Lipinski definition) is 2. The van der Waals surface area contributed by atoms with Gasteiger partial charge in [0.2, 0.25) is 17.8 Å². The van der Waals surface area contributed by atoms with E-state index in [1.54, 1.807) is 0 Å². The minimum Gasteiger partial charge on any atom is -0.340 e. The summed E-state index contributed by atoms with van der Waals surface area (Å²) in [7, 11) is 0. The largest absolute Gasteiger partial charge is 0.418 e. The van der Waals surface area contributed by atoms with Crippen LogP contribution >= 0.6 is 0 Å². The number of piperazine rings is 1. The maximum atomic E-state index is 13.1. The number of nitrogens with zero attached hydrogens (tertiary/aromatic N) is 3. The molecule has 0 saturated carbocycles. The molecule has 0 aromatic heterocycles. The number of carbonyl (C=O) groups excluding carboxylic acids is 2. The topological polar surface area (TPSA) is 77.0 Å². The van der Waals surface area contributed by atoms with Gasteiger partial charge in [-0.3, -0.25) is 14.9 Å². The van der Waals surface area contributed by atoms with Crippen LogP contribution in [0.4, 0.5) is 18.9 Å². The maximum Gasteiger partial charge on any atom is 0.418 e. The molecule has 3 rings (SSSR count). The molecule has 152 valence electrons. The Labute approximate surface area is 160 Å². The van der Waals surface area contributed by atoms with Gasteiger partial charge >= 0.3 is 6.18 Å². The van der Waals surface area contributed by atoms with Crippen LogP contribution in [0.25, 0.3) is 0 Å². The van der Waals surface area contributed by atoms with Crippen LogP contribution in [0.1, 0.15) is 18.9 Å². The van der Waals surface area contributed by atoms with Crippen molar-refractivity contribution < 1.29 is 22.8 Å². The van der Waals surface area contributed by atoms with Crippen molar-refractivity contribution in [2.24, 2.45) is 4.99 Å². The second-order valence-electron chi connectivity index (χ2n) is 6.67. The number of amides is 2. The molecule has 0 spiro atoms. The zero-order valence-electron chi connectivity index (χ0n) is 15.4. The molecule has 2 aliphatic heterocycles. The number of aliphatic imine (C=N–C) groups is 1. The summed E-state index contributed by atoms with van der Waals surface area (Å²) in [5.41, 5.74) is -1.29. The van der Waals surface area contributed by atoms with Gasteiger partial charge < -0.3 is 15.1 Å². The molecule has 0 radical (unpaired) electrons. The Morgan fingerprint density at radius 2 is 1.93 bits per heavy atom. The van der Waals surface area contributed by atoms with Gasteiger partial charge in [-0.2, -0.15) is 13.2 Å². The molecule has 1 aromatic carbocycles. The van der Waals surface area contributed by atoms with Crippen molar-refractivity contribution >= 4 is 23.5 Å². The average Bonchev–Trinajstić information content (AvgIpc) is 2.67. The first-order valence-corrected chi connectivity index (χ1v) is 9.10. The molecular weight excluding hydrogens is 375 g/mol. The summed E-state index contributed by atoms with van der Waals surface area (Å²) in [6.07, 6.45) is -4.81. The third kappa shape index (κ3) is 4.61. The number of nitrogens with one attached hydrogen (secondary N) is 2. The molecule has 2 amide bonds. The van der Waals surface area contributed by atoms with Crippen LogP contribution in [0.3, 0.4) is 0 Å². The number of anilines is 1. The molecule has 0 unspecified atom stereocenters. The smallest absolute Gasteiger partial charge is 0.340 e. The Hall–Kier alpha value is -2.62. The molecule has 7 nitrogen and oxygen atoms in total. The SMILES string of the molecule is CCN1CCN(C2=N[C@H](C(=O)Nc3ccccc3C(F)(F)F)CC(=O)N2)CC1. The fraction of sp³-hybridized carbons (Fsp3) is 0.500. The quantitative estimate of drug-likeness (QED) is 0.811. The second-order valence-corrected chi connectivity index (χ2v) is 6.67. The van der Waals surface area contributed by atoms with Crippen LogP contribution in [0.5, 0.6) is 0 Å². The normalized spacial score (nSPS) is 21.1. The van der Waals surface area contributed by atoms with Crippen LogP contribution in [0.15, 0.2) is 29.3 Å². The van der Waals surface area contributed by atoms with Crippen LogP contribution in [0.2, 0.25) is 0 Å². The Bertz CT molecular complexity index is 773. The predicted molar refractivity (Wildman–Crippen MR) is 97.7 cm³/mol. The van der Waals surface area contributed by atoms with Gasteiger partial charge in [0, 0.05) is 26.2 Å². The van der Waals surface area contributed by atoms with Gasteiger partial charge in [0.25, 0.3) is 0 Å². The molecule has 1 fully saturated rings. The summed E-state index contributed by atoms with van der Waals surface area (Å²) in [6, 6.07) is 3.65. The van der Waals surface area contributed by atoms with E-state index in [1.165, 1.54) is 18.2 Å². The van der Waals surface area contributed by atoms with Crippen molar-refractivity contribution in [3.05, 3.63) is 29.8 Å². The lowest BCUT2D eigenvalue weighted by molar-refractivity contribution is -0.137. The number of halogens is 3. The molecule has 1 atom stereocenters. The predicted octanol–water partition coefficient (Wildman–Crippen LogP) is 1.53. The van der Waals surface area contributed by atoms with Crippen molar-refractivity contribution in [2.45, 2.75) is 25.6 Å². The molecule has 0 aliphatic carbocycles. The van der Waals surface area contributed by atoms with E-state index in [2.05, 4.69) is 27.4 Å². The van der Waals surface area contributed by atoms with Crippen molar-refractivity contribution in [1.29, 1.82) is 0 Å². The zero-order valence-corrected chi connectivity index (χ0v) is 15.4. The van der Waals surface area contributed by atoms with Gasteiger partial charge in [0.15, 0.2) is 0 Å². The Kier molecular flexibility index (Phi) is 5.87. The van der Waals surface area contributed by atoms with Crippen LogP contribution < -0.4 is 10.6 Å². The number of guanidine groups is 1. The molecule has 2 aliphatic rings. The highest BCUT2D eigenvalue weighted by atomic mass is 19.4. The van der Waals surface area contributed by atoms with Crippen molar-refractivity contribution in [2.75, 3.05) is 38.0 Å². The van der Waals surface area contributed by atoms with Crippen LogP contribution in [0, 0.1) is 0 Å². The van der Waals surface area contributed by atoms with Crippen LogP contribution in [-0.2, 0) is 15.8 Å². The summed E-state index contributed by atoms with van der Waals surface area (Å²) in [4.78, 5) is 33.0. The number of likely N-dealkylation sites (N-methyl/N-ethyl adjacent to an activating group) is 1. The number of para-hydroxylation sites is 1. The minimum atomic E-state index is -4.60. The summed E-state index contributed by atoms with van der Waals surface area (Å²) >= 11 is 0. The summed E-state index contributed by atoms with van der Waals surface area (Å²) < 4.78 is 39.3. The number of hydrogen-bond acceptors (Lipinski definition) is 5. The molecule has 1 aromatic rings. The number of rotatable bonds is 3. The molecule has 10 heteroatoms. The lowest BCUT2D eigenvalue weighted by Gasteiger charge is -2.37. The van der Waals surface area contributed by atoms with Crippen molar-refractivity contribution in [1.82, 2.24) is 15.1 Å². The minimum absolute atomic E-state index is 0.210. The van der Waals surface area contributed by atoms with Crippen molar-refractivity contribution in [3.63, 3.8) is 0 Å². The highest BCUT2D eigenvalue weighted by Crippen LogP contribution is 2.34. The van der Waals surface area contributed by atoms with Crippen LogP contribution in [-0.4, -0.2) is 66.3 Å². The summed E-state index contributed by atoms with van der Waals surface area (Å²) in [5, 5.41) is 4.94. The third-order valence-electron chi connectivity index (χ3n) is 4.82. The van der Waals surface area contributed by atoms with E-state index < -0.39 is 23.7 Å². The number of alkyl halides is 3. The van der Waals surface area contributed by atoms with Gasteiger partial charge in [-0.15, -0.1) is 0 Å². The average molecular weight is 397 g/mol. The fourth-order valence-corrected chi connectivity index (χ4v) is 3.22. The van der Waals surface area contributed by atoms with E-state index in [4.69, 9.17) is 0 Å². The molecule has 2 heterocycles. The van der Waals surface area contributed by atoms with E-state index in [9.17, 15) is 22.8 Å². The first-order valence-electron chi connectivity index (χ1n) is 9.10. The number of benzene rings is 1. The lowest BCUT2D eigenvalue weighted by atomic mass is 10.1. The summed E-state index contributed by atoms with van der Waals surface area (Å²) in [6.45, 7) is 5.91.